The van der Waals surface area contributed by atoms with Crippen LogP contribution in [-0.4, -0.2) is 33.6 Å². The molecule has 0 heterocycles. The number of aliphatic hydroxyl groups excluding tert-OH is 1. The number of nitrogens with zero attached hydrogens (tertiary/aromatic N) is 2. The van der Waals surface area contributed by atoms with Gasteiger partial charge in [-0.05, 0) is 25.8 Å². The quantitative estimate of drug-likeness (QED) is 0.608. The van der Waals surface area contributed by atoms with E-state index in [9.17, 15) is 15.2 Å². The average Bonchev–Trinajstić information content (AvgIpc) is 2.38. The van der Waals surface area contributed by atoms with Gasteiger partial charge in [0, 0.05) is 31.3 Å². The van der Waals surface area contributed by atoms with Gasteiger partial charge < -0.3 is 5.11 Å². The Balaban J connectivity index is 2.70. The molecule has 1 atom stereocenters. The number of non-ortho nitro benzene ring substituents is 1. The van der Waals surface area contributed by atoms with Crippen molar-refractivity contribution in [2.45, 2.75) is 45.9 Å². The highest BCUT2D eigenvalue weighted by atomic mass is 16.6. The van der Waals surface area contributed by atoms with Crippen LogP contribution in [0.5, 0.6) is 0 Å². The van der Waals surface area contributed by atoms with Gasteiger partial charge >= 0.3 is 0 Å². The van der Waals surface area contributed by atoms with Gasteiger partial charge in [0.05, 0.1) is 11.0 Å². The first-order valence-corrected chi connectivity index (χ1v) is 6.59. The normalized spacial score (nSPS) is 12.9. The Hall–Kier alpha value is -1.46. The van der Waals surface area contributed by atoms with E-state index in [4.69, 9.17) is 0 Å². The molecule has 5 nitrogen and oxygen atoms in total. The highest BCUT2D eigenvalue weighted by molar-refractivity contribution is 5.32. The third kappa shape index (κ3) is 4.96. The monoisotopic (exact) mass is 266 g/mol. The maximum Gasteiger partial charge on any atom is 0.269 e. The molecule has 0 saturated carbocycles. The zero-order chi connectivity index (χ0) is 14.4. The molecule has 0 bridgehead atoms. The summed E-state index contributed by atoms with van der Waals surface area (Å²) < 4.78 is 0. The Bertz CT molecular complexity index is 404. The molecule has 0 spiro atoms. The van der Waals surface area contributed by atoms with Gasteiger partial charge in [-0.3, -0.25) is 15.0 Å². The summed E-state index contributed by atoms with van der Waals surface area (Å²) in [6, 6.07) is 6.89. The first-order chi connectivity index (χ1) is 8.93. The fraction of sp³-hybridized carbons (Fsp3) is 0.571. The van der Waals surface area contributed by atoms with Crippen molar-refractivity contribution in [3.8, 4) is 0 Å². The Morgan fingerprint density at radius 3 is 2.32 bits per heavy atom. The van der Waals surface area contributed by atoms with Crippen LogP contribution in [-0.2, 0) is 6.54 Å². The van der Waals surface area contributed by atoms with E-state index in [1.54, 1.807) is 12.1 Å². The molecule has 1 aromatic carbocycles. The number of rotatable bonds is 7. The second-order valence-electron chi connectivity index (χ2n) is 5.01. The van der Waals surface area contributed by atoms with Crippen molar-refractivity contribution < 1.29 is 10.0 Å². The lowest BCUT2D eigenvalue weighted by atomic mass is 10.1. The Labute approximate surface area is 114 Å². The van der Waals surface area contributed by atoms with E-state index in [1.165, 1.54) is 12.1 Å². The summed E-state index contributed by atoms with van der Waals surface area (Å²) in [5.74, 6) is 0. The molecule has 106 valence electrons. The van der Waals surface area contributed by atoms with Crippen LogP contribution in [0, 0.1) is 10.1 Å². The van der Waals surface area contributed by atoms with Gasteiger partial charge in [-0.1, -0.05) is 19.1 Å². The maximum atomic E-state index is 10.6. The largest absolute Gasteiger partial charge is 0.392 e. The van der Waals surface area contributed by atoms with Crippen molar-refractivity contribution in [3.63, 3.8) is 0 Å². The predicted molar refractivity (Wildman–Crippen MR) is 74.9 cm³/mol. The van der Waals surface area contributed by atoms with Gasteiger partial charge in [0.1, 0.15) is 0 Å². The van der Waals surface area contributed by atoms with Crippen LogP contribution in [0.15, 0.2) is 24.3 Å². The van der Waals surface area contributed by atoms with Crippen molar-refractivity contribution in [2.75, 3.05) is 6.54 Å². The SMILES string of the molecule is CCC(O)CN(Cc1ccc([N+](=O)[O-])cc1)C(C)C. The Kier molecular flexibility index (Phi) is 5.92. The molecule has 1 aromatic rings. The minimum Gasteiger partial charge on any atom is -0.392 e. The number of aliphatic hydroxyl groups is 1. The fourth-order valence-corrected chi connectivity index (χ4v) is 1.82. The molecular formula is C14H22N2O3. The van der Waals surface area contributed by atoms with Crippen LogP contribution < -0.4 is 0 Å². The minimum absolute atomic E-state index is 0.105. The van der Waals surface area contributed by atoms with Crippen LogP contribution in [0.3, 0.4) is 0 Å². The second kappa shape index (κ2) is 7.21. The van der Waals surface area contributed by atoms with E-state index in [-0.39, 0.29) is 11.8 Å². The lowest BCUT2D eigenvalue weighted by Gasteiger charge is -2.28. The highest BCUT2D eigenvalue weighted by Crippen LogP contribution is 2.15. The van der Waals surface area contributed by atoms with Crippen LogP contribution in [0.2, 0.25) is 0 Å². The molecule has 0 saturated heterocycles. The topological polar surface area (TPSA) is 66.6 Å². The number of benzene rings is 1. The summed E-state index contributed by atoms with van der Waals surface area (Å²) in [4.78, 5) is 12.4. The molecule has 0 aromatic heterocycles. The highest BCUT2D eigenvalue weighted by Gasteiger charge is 2.14. The molecule has 1 unspecified atom stereocenters. The molecule has 0 aliphatic heterocycles. The molecule has 1 rings (SSSR count). The van der Waals surface area contributed by atoms with E-state index >= 15 is 0 Å². The van der Waals surface area contributed by atoms with Crippen molar-refractivity contribution >= 4 is 5.69 Å². The third-order valence-corrected chi connectivity index (χ3v) is 3.18. The first-order valence-electron chi connectivity index (χ1n) is 6.59. The van der Waals surface area contributed by atoms with E-state index in [0.717, 1.165) is 12.0 Å². The minimum atomic E-state index is -0.398. The average molecular weight is 266 g/mol. The molecule has 5 heteroatoms. The first kappa shape index (κ1) is 15.6. The maximum absolute atomic E-state index is 10.6. The second-order valence-corrected chi connectivity index (χ2v) is 5.01. The lowest BCUT2D eigenvalue weighted by Crippen LogP contribution is -2.36. The number of nitro groups is 1. The van der Waals surface area contributed by atoms with Gasteiger partial charge in [0.25, 0.3) is 5.69 Å². The van der Waals surface area contributed by atoms with Crippen molar-refractivity contribution in [1.82, 2.24) is 4.90 Å². The van der Waals surface area contributed by atoms with Crippen molar-refractivity contribution in [3.05, 3.63) is 39.9 Å². The standard InChI is InChI=1S/C14H22N2O3/c1-4-14(17)10-15(11(2)3)9-12-5-7-13(8-6-12)16(18)19/h5-8,11,14,17H,4,9-10H2,1-3H3. The smallest absolute Gasteiger partial charge is 0.269 e. The van der Waals surface area contributed by atoms with E-state index in [1.807, 2.05) is 6.92 Å². The van der Waals surface area contributed by atoms with Crippen LogP contribution >= 0.6 is 0 Å². The molecular weight excluding hydrogens is 244 g/mol. The summed E-state index contributed by atoms with van der Waals surface area (Å²) in [6.07, 6.45) is 0.393. The van der Waals surface area contributed by atoms with Gasteiger partial charge in [-0.25, -0.2) is 0 Å². The lowest BCUT2D eigenvalue weighted by molar-refractivity contribution is -0.384. The van der Waals surface area contributed by atoms with Gasteiger partial charge in [0.15, 0.2) is 0 Å². The number of hydrogen-bond donors (Lipinski definition) is 1. The zero-order valence-electron chi connectivity index (χ0n) is 11.7. The van der Waals surface area contributed by atoms with E-state index in [0.29, 0.717) is 19.1 Å². The van der Waals surface area contributed by atoms with E-state index < -0.39 is 4.92 Å². The van der Waals surface area contributed by atoms with Crippen LogP contribution in [0.25, 0.3) is 0 Å². The zero-order valence-corrected chi connectivity index (χ0v) is 11.7. The number of hydrogen-bond acceptors (Lipinski definition) is 4. The molecule has 0 aliphatic carbocycles. The Morgan fingerprint density at radius 2 is 1.89 bits per heavy atom. The van der Waals surface area contributed by atoms with Gasteiger partial charge in [0.2, 0.25) is 0 Å². The summed E-state index contributed by atoms with van der Waals surface area (Å²) in [5.41, 5.74) is 1.12. The fourth-order valence-electron chi connectivity index (χ4n) is 1.82. The van der Waals surface area contributed by atoms with E-state index in [2.05, 4.69) is 18.7 Å². The van der Waals surface area contributed by atoms with Crippen molar-refractivity contribution in [1.29, 1.82) is 0 Å². The summed E-state index contributed by atoms with van der Waals surface area (Å²) in [7, 11) is 0. The molecule has 19 heavy (non-hydrogen) atoms. The van der Waals surface area contributed by atoms with Crippen molar-refractivity contribution in [2.24, 2.45) is 0 Å². The van der Waals surface area contributed by atoms with Crippen LogP contribution in [0.4, 0.5) is 5.69 Å². The molecule has 0 amide bonds. The molecule has 0 radical (unpaired) electrons. The molecule has 0 aliphatic rings. The summed E-state index contributed by atoms with van der Waals surface area (Å²) in [6.45, 7) is 7.41. The summed E-state index contributed by atoms with van der Waals surface area (Å²) >= 11 is 0. The van der Waals surface area contributed by atoms with Gasteiger partial charge in [-0.2, -0.15) is 0 Å². The molecule has 1 N–H and O–H groups in total. The summed E-state index contributed by atoms with van der Waals surface area (Å²) in [5, 5.41) is 20.3. The number of nitro benzene ring substituents is 1. The Morgan fingerprint density at radius 1 is 1.32 bits per heavy atom. The third-order valence-electron chi connectivity index (χ3n) is 3.18. The van der Waals surface area contributed by atoms with Crippen LogP contribution in [0.1, 0.15) is 32.8 Å². The predicted octanol–water partition coefficient (Wildman–Crippen LogP) is 2.58. The molecule has 0 fully saturated rings. The van der Waals surface area contributed by atoms with Gasteiger partial charge in [-0.15, -0.1) is 0 Å².